The van der Waals surface area contributed by atoms with E-state index in [0.717, 1.165) is 11.1 Å². The zero-order valence-corrected chi connectivity index (χ0v) is 24.6. The number of carbonyl (C=O) groups excluding carboxylic acids is 1. The lowest BCUT2D eigenvalue weighted by Gasteiger charge is -2.27. The Morgan fingerprint density at radius 3 is 2.49 bits per heavy atom. The van der Waals surface area contributed by atoms with Gasteiger partial charge in [-0.2, -0.15) is 5.26 Å². The minimum Gasteiger partial charge on any atom is -0.490 e. The number of rotatable bonds is 9. The zero-order chi connectivity index (χ0) is 30.3. The number of hydrogen-bond acceptors (Lipinski definition) is 7. The molecule has 1 aliphatic rings. The summed E-state index contributed by atoms with van der Waals surface area (Å²) in [6, 6.07) is 27.2. The number of nitrogens with zero attached hydrogens (tertiary/aromatic N) is 1. The van der Waals surface area contributed by atoms with Crippen LogP contribution >= 0.6 is 23.2 Å². The molecule has 0 bridgehead atoms. The minimum absolute atomic E-state index is 0.0425. The highest BCUT2D eigenvalue weighted by Crippen LogP contribution is 2.45. The zero-order valence-electron chi connectivity index (χ0n) is 23.1. The van der Waals surface area contributed by atoms with Gasteiger partial charge in [-0.3, -0.25) is 0 Å². The number of nitriles is 1. The normalized spacial score (nSPS) is 14.0. The quantitative estimate of drug-likeness (QED) is 0.117. The second-order valence-electron chi connectivity index (χ2n) is 9.42. The first-order valence-electron chi connectivity index (χ1n) is 13.4. The van der Waals surface area contributed by atoms with E-state index in [2.05, 4.69) is 6.07 Å². The lowest BCUT2D eigenvalue weighted by molar-refractivity contribution is -0.128. The van der Waals surface area contributed by atoms with Crippen LogP contribution in [0.25, 0.3) is 6.08 Å². The average molecular weight is 613 g/mol. The molecule has 9 heteroatoms. The third-order valence-electron chi connectivity index (χ3n) is 6.66. The van der Waals surface area contributed by atoms with Crippen LogP contribution in [0.5, 0.6) is 23.0 Å². The van der Waals surface area contributed by atoms with Crippen LogP contribution in [-0.2, 0) is 11.4 Å². The van der Waals surface area contributed by atoms with E-state index in [4.69, 9.17) is 47.9 Å². The number of allylic oxidation sites excluding steroid dienone is 1. The van der Waals surface area contributed by atoms with Gasteiger partial charge in [0.15, 0.2) is 11.5 Å². The van der Waals surface area contributed by atoms with Crippen LogP contribution in [0.1, 0.15) is 35.1 Å². The molecule has 1 unspecified atom stereocenters. The van der Waals surface area contributed by atoms with E-state index >= 15 is 0 Å². The highest BCUT2D eigenvalue weighted by molar-refractivity contribution is 6.32. The van der Waals surface area contributed by atoms with E-state index in [1.807, 2.05) is 43.3 Å². The topological polar surface area (TPSA) is 104 Å². The Hall–Kier alpha value is -4.90. The second-order valence-corrected chi connectivity index (χ2v) is 10.2. The SMILES string of the molecule is CCOc1cc(C2C(C#N)=C(N)Oc3cc(OC(=O)/C=C/c4ccccc4Cl)ccc32)ccc1OCc1ccccc1Cl. The van der Waals surface area contributed by atoms with Crippen LogP contribution in [0.4, 0.5) is 0 Å². The third-order valence-corrected chi connectivity index (χ3v) is 7.37. The molecular formula is C34H26Cl2N2O5. The molecule has 0 spiro atoms. The minimum atomic E-state index is -0.595. The van der Waals surface area contributed by atoms with Crippen molar-refractivity contribution in [2.24, 2.45) is 5.73 Å². The molecule has 1 atom stereocenters. The van der Waals surface area contributed by atoms with Crippen molar-refractivity contribution in [2.45, 2.75) is 19.4 Å². The molecule has 0 aromatic heterocycles. The maximum Gasteiger partial charge on any atom is 0.336 e. The monoisotopic (exact) mass is 612 g/mol. The van der Waals surface area contributed by atoms with Crippen LogP contribution in [0.2, 0.25) is 10.0 Å². The fourth-order valence-corrected chi connectivity index (χ4v) is 5.01. The summed E-state index contributed by atoms with van der Waals surface area (Å²) >= 11 is 12.4. The van der Waals surface area contributed by atoms with Crippen LogP contribution in [0.15, 0.2) is 102 Å². The first kappa shape index (κ1) is 29.6. The molecule has 7 nitrogen and oxygen atoms in total. The number of halogens is 2. The van der Waals surface area contributed by atoms with Crippen molar-refractivity contribution in [3.05, 3.63) is 135 Å². The molecular weight excluding hydrogens is 587 g/mol. The van der Waals surface area contributed by atoms with Crippen molar-refractivity contribution in [2.75, 3.05) is 6.61 Å². The van der Waals surface area contributed by atoms with E-state index in [-0.39, 0.29) is 23.8 Å². The molecule has 1 heterocycles. The molecule has 0 fully saturated rings. The van der Waals surface area contributed by atoms with Crippen LogP contribution in [0.3, 0.4) is 0 Å². The van der Waals surface area contributed by atoms with Gasteiger partial charge in [0.25, 0.3) is 0 Å². The van der Waals surface area contributed by atoms with E-state index in [9.17, 15) is 10.1 Å². The highest BCUT2D eigenvalue weighted by Gasteiger charge is 2.32. The van der Waals surface area contributed by atoms with E-state index in [1.54, 1.807) is 54.6 Å². The number of esters is 1. The molecule has 1 aliphatic heterocycles. The lowest BCUT2D eigenvalue weighted by atomic mass is 9.83. The molecule has 5 rings (SSSR count). The summed E-state index contributed by atoms with van der Waals surface area (Å²) in [7, 11) is 0. The highest BCUT2D eigenvalue weighted by atomic mass is 35.5. The van der Waals surface area contributed by atoms with Crippen molar-refractivity contribution in [1.29, 1.82) is 5.26 Å². The van der Waals surface area contributed by atoms with E-state index in [0.29, 0.717) is 45.0 Å². The Labute approximate surface area is 259 Å². The van der Waals surface area contributed by atoms with Crippen molar-refractivity contribution in [3.63, 3.8) is 0 Å². The van der Waals surface area contributed by atoms with Gasteiger partial charge >= 0.3 is 5.97 Å². The Kier molecular flexibility index (Phi) is 9.21. The smallest absolute Gasteiger partial charge is 0.336 e. The Bertz CT molecular complexity index is 1780. The van der Waals surface area contributed by atoms with Crippen molar-refractivity contribution in [3.8, 4) is 29.1 Å². The number of hydrogen-bond donors (Lipinski definition) is 1. The van der Waals surface area contributed by atoms with Gasteiger partial charge in [-0.25, -0.2) is 4.79 Å². The summed E-state index contributed by atoms with van der Waals surface area (Å²) in [5.41, 5.74) is 9.38. The standard InChI is InChI=1S/C34H26Cl2N2O5/c1-2-40-31-17-22(11-15-29(31)41-20-23-8-4-6-10-28(23)36)33-25-14-13-24(18-30(25)43-34(38)26(33)19-37)42-32(39)16-12-21-7-3-5-9-27(21)35/h3-18,33H,2,20,38H2,1H3/b16-12+. The summed E-state index contributed by atoms with van der Waals surface area (Å²) in [4.78, 5) is 12.5. The number of fused-ring (bicyclic) bond motifs is 1. The van der Waals surface area contributed by atoms with Crippen molar-refractivity contribution in [1.82, 2.24) is 0 Å². The van der Waals surface area contributed by atoms with E-state index in [1.165, 1.54) is 6.08 Å². The average Bonchev–Trinajstić information content (AvgIpc) is 3.00. The second kappa shape index (κ2) is 13.4. The van der Waals surface area contributed by atoms with Gasteiger partial charge in [0.1, 0.15) is 29.7 Å². The fourth-order valence-electron chi connectivity index (χ4n) is 4.62. The van der Waals surface area contributed by atoms with Crippen LogP contribution in [-0.4, -0.2) is 12.6 Å². The van der Waals surface area contributed by atoms with Gasteiger partial charge in [0.2, 0.25) is 5.88 Å². The fraction of sp³-hybridized carbons (Fsp3) is 0.118. The van der Waals surface area contributed by atoms with Gasteiger partial charge in [-0.05, 0) is 54.5 Å². The molecule has 0 radical (unpaired) electrons. The predicted octanol–water partition coefficient (Wildman–Crippen LogP) is 7.81. The molecule has 0 saturated carbocycles. The van der Waals surface area contributed by atoms with Crippen molar-refractivity contribution < 1.29 is 23.7 Å². The van der Waals surface area contributed by atoms with Gasteiger partial charge < -0.3 is 24.7 Å². The van der Waals surface area contributed by atoms with Crippen LogP contribution < -0.4 is 24.7 Å². The summed E-state index contributed by atoms with van der Waals surface area (Å²) in [6.07, 6.45) is 2.87. The molecule has 0 amide bonds. The molecule has 4 aromatic carbocycles. The molecule has 0 saturated heterocycles. The van der Waals surface area contributed by atoms with E-state index < -0.39 is 11.9 Å². The summed E-state index contributed by atoms with van der Waals surface area (Å²) in [5, 5.41) is 11.1. The predicted molar refractivity (Wildman–Crippen MR) is 165 cm³/mol. The van der Waals surface area contributed by atoms with Gasteiger partial charge in [0, 0.05) is 33.3 Å². The number of carbonyl (C=O) groups is 1. The summed E-state index contributed by atoms with van der Waals surface area (Å²) in [6.45, 7) is 2.53. The molecule has 2 N–H and O–H groups in total. The van der Waals surface area contributed by atoms with Gasteiger partial charge in [-0.15, -0.1) is 0 Å². The molecule has 4 aromatic rings. The van der Waals surface area contributed by atoms with Gasteiger partial charge in [-0.1, -0.05) is 71.7 Å². The number of ether oxygens (including phenoxy) is 4. The molecule has 0 aliphatic carbocycles. The Balaban J connectivity index is 1.41. The maximum absolute atomic E-state index is 12.5. The summed E-state index contributed by atoms with van der Waals surface area (Å²) < 4.78 is 23.2. The summed E-state index contributed by atoms with van der Waals surface area (Å²) in [5.74, 6) is 0.445. The first-order chi connectivity index (χ1) is 20.9. The van der Waals surface area contributed by atoms with Crippen molar-refractivity contribution >= 4 is 35.2 Å². The number of nitrogens with two attached hydrogens (primary N) is 1. The maximum atomic E-state index is 12.5. The lowest BCUT2D eigenvalue weighted by Crippen LogP contribution is -2.21. The Morgan fingerprint density at radius 1 is 0.977 bits per heavy atom. The number of benzene rings is 4. The Morgan fingerprint density at radius 2 is 1.74 bits per heavy atom. The first-order valence-corrected chi connectivity index (χ1v) is 14.1. The largest absolute Gasteiger partial charge is 0.490 e. The molecule has 43 heavy (non-hydrogen) atoms. The molecule has 216 valence electrons. The third kappa shape index (κ3) is 6.78. The van der Waals surface area contributed by atoms with Gasteiger partial charge in [0.05, 0.1) is 12.5 Å². The van der Waals surface area contributed by atoms with Crippen LogP contribution in [0, 0.1) is 11.3 Å².